The average Bonchev–Trinajstić information content (AvgIpc) is 3.58. The molecule has 0 saturated heterocycles. The Morgan fingerprint density at radius 1 is 0.321 bits per heavy atom. The second-order valence-electron chi connectivity index (χ2n) is 15.8. The van der Waals surface area contributed by atoms with Crippen molar-refractivity contribution in [3.05, 3.63) is 198 Å². The van der Waals surface area contributed by atoms with Gasteiger partial charge in [0, 0.05) is 27.9 Å². The number of rotatable bonds is 5. The molecule has 0 radical (unpaired) electrons. The van der Waals surface area contributed by atoms with Gasteiger partial charge in [-0.25, -0.2) is 0 Å². The fourth-order valence-corrected chi connectivity index (χ4v) is 9.38. The van der Waals surface area contributed by atoms with Crippen LogP contribution in [0.3, 0.4) is 0 Å². The summed E-state index contributed by atoms with van der Waals surface area (Å²) < 4.78 is 0. The topological polar surface area (TPSA) is 3.24 Å². The van der Waals surface area contributed by atoms with Crippen LogP contribution in [0.1, 0.15) is 49.9 Å². The van der Waals surface area contributed by atoms with Crippen molar-refractivity contribution in [3.63, 3.8) is 0 Å². The molecule has 8 aromatic carbocycles. The van der Waals surface area contributed by atoms with E-state index < -0.39 is 0 Å². The zero-order valence-corrected chi connectivity index (χ0v) is 30.7. The summed E-state index contributed by atoms with van der Waals surface area (Å²) in [6.45, 7) is 9.42. The van der Waals surface area contributed by atoms with Crippen LogP contribution >= 0.6 is 0 Å². The molecule has 0 saturated carbocycles. The minimum atomic E-state index is -0.0511. The van der Waals surface area contributed by atoms with Crippen molar-refractivity contribution >= 4 is 27.8 Å². The van der Waals surface area contributed by atoms with E-state index in [2.05, 4.69) is 209 Å². The SMILES string of the molecule is CC1(C)c2ccccc2-c2c(-c3cccc(N(c4cccc(-c5cccc6c5-c5ccccc5C6(C)C)c4)c4ccc5ccccc5c4)c3)cccc21. The average molecular weight is 680 g/mol. The molecule has 0 fully saturated rings. The van der Waals surface area contributed by atoms with Gasteiger partial charge in [0.1, 0.15) is 0 Å². The Labute approximate surface area is 312 Å². The van der Waals surface area contributed by atoms with E-state index >= 15 is 0 Å². The Bertz CT molecular complexity index is 2590. The van der Waals surface area contributed by atoms with E-state index in [1.165, 1.54) is 77.5 Å². The molecule has 1 heteroatoms. The monoisotopic (exact) mass is 679 g/mol. The van der Waals surface area contributed by atoms with Crippen molar-refractivity contribution in [3.8, 4) is 44.5 Å². The second kappa shape index (κ2) is 11.7. The summed E-state index contributed by atoms with van der Waals surface area (Å²) in [6.07, 6.45) is 0. The van der Waals surface area contributed by atoms with Gasteiger partial charge in [0.05, 0.1) is 0 Å². The number of hydrogen-bond donors (Lipinski definition) is 0. The smallest absolute Gasteiger partial charge is 0.0468 e. The molecule has 0 N–H and O–H groups in total. The number of fused-ring (bicyclic) bond motifs is 7. The number of hydrogen-bond acceptors (Lipinski definition) is 1. The molecule has 0 aliphatic heterocycles. The molecule has 0 atom stereocenters. The number of nitrogens with zero attached hydrogens (tertiary/aromatic N) is 1. The summed E-state index contributed by atoms with van der Waals surface area (Å²) in [6, 6.07) is 65.3. The molecule has 0 unspecified atom stereocenters. The van der Waals surface area contributed by atoms with Crippen LogP contribution in [-0.2, 0) is 10.8 Å². The maximum atomic E-state index is 2.43. The van der Waals surface area contributed by atoms with E-state index in [9.17, 15) is 0 Å². The molecule has 254 valence electrons. The van der Waals surface area contributed by atoms with Crippen molar-refractivity contribution in [2.75, 3.05) is 4.90 Å². The van der Waals surface area contributed by atoms with E-state index in [4.69, 9.17) is 0 Å². The van der Waals surface area contributed by atoms with Crippen molar-refractivity contribution in [1.82, 2.24) is 0 Å². The Hall–Kier alpha value is -6.18. The van der Waals surface area contributed by atoms with E-state index in [1.807, 2.05) is 0 Å². The molecule has 1 nitrogen and oxygen atoms in total. The van der Waals surface area contributed by atoms with Crippen LogP contribution in [0, 0.1) is 0 Å². The summed E-state index contributed by atoms with van der Waals surface area (Å²) in [5, 5.41) is 2.46. The first-order valence-electron chi connectivity index (χ1n) is 18.8. The van der Waals surface area contributed by atoms with Crippen molar-refractivity contribution in [1.29, 1.82) is 0 Å². The quantitative estimate of drug-likeness (QED) is 0.175. The molecule has 0 bridgehead atoms. The maximum absolute atomic E-state index is 2.43. The van der Waals surface area contributed by atoms with Gasteiger partial charge in [0.25, 0.3) is 0 Å². The zero-order chi connectivity index (χ0) is 35.9. The lowest BCUT2D eigenvalue weighted by molar-refractivity contribution is 0.660. The minimum absolute atomic E-state index is 0.0511. The van der Waals surface area contributed by atoms with Gasteiger partial charge in [-0.3, -0.25) is 0 Å². The molecule has 0 spiro atoms. The van der Waals surface area contributed by atoms with Crippen LogP contribution in [0.5, 0.6) is 0 Å². The van der Waals surface area contributed by atoms with Gasteiger partial charge in [-0.05, 0) is 114 Å². The molecule has 0 amide bonds. The predicted molar refractivity (Wildman–Crippen MR) is 225 cm³/mol. The molecule has 0 heterocycles. The predicted octanol–water partition coefficient (Wildman–Crippen LogP) is 14.3. The van der Waals surface area contributed by atoms with Crippen LogP contribution in [0.25, 0.3) is 55.3 Å². The lowest BCUT2D eigenvalue weighted by Gasteiger charge is -2.27. The maximum Gasteiger partial charge on any atom is 0.0468 e. The molecule has 53 heavy (non-hydrogen) atoms. The van der Waals surface area contributed by atoms with Crippen LogP contribution < -0.4 is 4.90 Å². The second-order valence-corrected chi connectivity index (χ2v) is 15.8. The summed E-state index contributed by atoms with van der Waals surface area (Å²) in [7, 11) is 0. The zero-order valence-electron chi connectivity index (χ0n) is 30.7. The summed E-state index contributed by atoms with van der Waals surface area (Å²) in [4.78, 5) is 2.43. The Kier molecular flexibility index (Phi) is 6.94. The number of benzene rings is 8. The highest BCUT2D eigenvalue weighted by molar-refractivity contribution is 5.96. The van der Waals surface area contributed by atoms with Crippen LogP contribution in [0.4, 0.5) is 17.1 Å². The summed E-state index contributed by atoms with van der Waals surface area (Å²) in [5.74, 6) is 0. The molecule has 8 aromatic rings. The summed E-state index contributed by atoms with van der Waals surface area (Å²) >= 11 is 0. The molecule has 10 rings (SSSR count). The molecular formula is C52H41N. The van der Waals surface area contributed by atoms with Gasteiger partial charge in [-0.15, -0.1) is 0 Å². The Balaban J connectivity index is 1.16. The van der Waals surface area contributed by atoms with E-state index in [0.29, 0.717) is 0 Å². The van der Waals surface area contributed by atoms with Gasteiger partial charge in [-0.2, -0.15) is 0 Å². The summed E-state index contributed by atoms with van der Waals surface area (Å²) in [5.41, 5.74) is 19.2. The van der Waals surface area contributed by atoms with E-state index in [0.717, 1.165) is 17.1 Å². The third kappa shape index (κ3) is 4.77. The Morgan fingerprint density at radius 3 is 1.28 bits per heavy atom. The molecule has 2 aliphatic rings. The van der Waals surface area contributed by atoms with Crippen molar-refractivity contribution in [2.24, 2.45) is 0 Å². The fourth-order valence-electron chi connectivity index (χ4n) is 9.38. The van der Waals surface area contributed by atoms with Crippen LogP contribution in [0.2, 0.25) is 0 Å². The van der Waals surface area contributed by atoms with E-state index in [-0.39, 0.29) is 10.8 Å². The Morgan fingerprint density at radius 2 is 0.736 bits per heavy atom. The van der Waals surface area contributed by atoms with Gasteiger partial charge >= 0.3 is 0 Å². The van der Waals surface area contributed by atoms with Crippen molar-refractivity contribution in [2.45, 2.75) is 38.5 Å². The first-order chi connectivity index (χ1) is 25.8. The van der Waals surface area contributed by atoms with Crippen LogP contribution in [-0.4, -0.2) is 0 Å². The first-order valence-corrected chi connectivity index (χ1v) is 18.8. The highest BCUT2D eigenvalue weighted by Gasteiger charge is 2.38. The standard InChI is InChI=1S/C52H41N/c1-51(2)45-25-9-7-21-43(45)49-41(23-13-27-47(49)51)36-17-11-19-38(32-36)53(40-30-29-34-15-5-6-16-35(34)31-40)39-20-12-18-37(33-39)42-24-14-28-48-50(42)44-22-8-10-26-46(44)52(48,3)4/h5-33H,1-4H3. The third-order valence-corrected chi connectivity index (χ3v) is 12.0. The van der Waals surface area contributed by atoms with E-state index in [1.54, 1.807) is 0 Å². The minimum Gasteiger partial charge on any atom is -0.310 e. The fraction of sp³-hybridized carbons (Fsp3) is 0.115. The molecular weight excluding hydrogens is 639 g/mol. The highest BCUT2D eigenvalue weighted by atomic mass is 15.1. The third-order valence-electron chi connectivity index (χ3n) is 12.0. The lowest BCUT2D eigenvalue weighted by Crippen LogP contribution is -2.14. The number of anilines is 3. The lowest BCUT2D eigenvalue weighted by atomic mass is 9.82. The van der Waals surface area contributed by atoms with Crippen LogP contribution in [0.15, 0.2) is 176 Å². The normalized spacial score (nSPS) is 14.3. The largest absolute Gasteiger partial charge is 0.310 e. The highest BCUT2D eigenvalue weighted by Crippen LogP contribution is 2.54. The molecule has 2 aliphatic carbocycles. The van der Waals surface area contributed by atoms with Crippen molar-refractivity contribution < 1.29 is 0 Å². The molecule has 0 aromatic heterocycles. The van der Waals surface area contributed by atoms with Gasteiger partial charge in [0.15, 0.2) is 0 Å². The van der Waals surface area contributed by atoms with Gasteiger partial charge < -0.3 is 4.90 Å². The van der Waals surface area contributed by atoms with Gasteiger partial charge in [-0.1, -0.05) is 167 Å². The first kappa shape index (κ1) is 31.5. The van der Waals surface area contributed by atoms with Gasteiger partial charge in [0.2, 0.25) is 0 Å².